The van der Waals surface area contributed by atoms with Gasteiger partial charge >= 0.3 is 0 Å². The minimum Gasteiger partial charge on any atom is -0.396 e. The normalized spacial score (nSPS) is 34.9. The summed E-state index contributed by atoms with van der Waals surface area (Å²) in [6.45, 7) is 12.4. The largest absolute Gasteiger partial charge is 0.396 e. The molecule has 2 fully saturated rings. The van der Waals surface area contributed by atoms with Crippen LogP contribution in [0.3, 0.4) is 0 Å². The number of allylic oxidation sites excluding steroid dienone is 5. The van der Waals surface area contributed by atoms with Crippen LogP contribution in [-0.2, 0) is 0 Å². The lowest BCUT2D eigenvalue weighted by atomic mass is 9.62. The van der Waals surface area contributed by atoms with Gasteiger partial charge in [0.2, 0.25) is 0 Å². The smallest absolute Gasteiger partial charge is 0.119 e. The summed E-state index contributed by atoms with van der Waals surface area (Å²) in [7, 11) is 0. The minimum absolute atomic E-state index is 0.0318. The fraction of sp³-hybridized carbons (Fsp3) is 0.643. The van der Waals surface area contributed by atoms with Gasteiger partial charge in [0.25, 0.3) is 0 Å². The molecule has 170 valence electrons. The average molecular weight is 425 g/mol. The van der Waals surface area contributed by atoms with Gasteiger partial charge in [0, 0.05) is 12.3 Å². The van der Waals surface area contributed by atoms with Gasteiger partial charge < -0.3 is 15.3 Å². The fourth-order valence-corrected chi connectivity index (χ4v) is 5.91. The molecule has 0 spiro atoms. The third-order valence-electron chi connectivity index (χ3n) is 7.58. The number of aliphatic hydroxyl groups is 3. The molecule has 0 saturated heterocycles. The fourth-order valence-electron chi connectivity index (χ4n) is 5.91. The Kier molecular flexibility index (Phi) is 7.36. The number of hydrogen-bond donors (Lipinski definition) is 3. The molecular weight excluding hydrogens is 384 g/mol. The van der Waals surface area contributed by atoms with Crippen molar-refractivity contribution in [3.8, 4) is 11.8 Å². The zero-order valence-corrected chi connectivity index (χ0v) is 19.7. The standard InChI is InChI=1S/C28H40O3/c1-19(8-6-14-27(3,4)31)25-12-13-26-21(9-7-15-28(25,26)5)10-11-22-16-24(30)17-23(18-29)20(22)2/h10-12,19,23-24,26,29-31H,2,7-9,13,15-18H2,1,3-5H3/b21-10+,22-11-/t19-,23-,24-,26+,28-/m1/s1. The Morgan fingerprint density at radius 2 is 2.10 bits per heavy atom. The third-order valence-corrected chi connectivity index (χ3v) is 7.58. The van der Waals surface area contributed by atoms with Gasteiger partial charge in [0.1, 0.15) is 5.60 Å². The Labute approximate surface area is 188 Å². The molecule has 31 heavy (non-hydrogen) atoms. The predicted molar refractivity (Wildman–Crippen MR) is 127 cm³/mol. The van der Waals surface area contributed by atoms with E-state index >= 15 is 0 Å². The Morgan fingerprint density at radius 1 is 1.35 bits per heavy atom. The van der Waals surface area contributed by atoms with Crippen LogP contribution in [0.2, 0.25) is 0 Å². The first-order chi connectivity index (χ1) is 14.5. The van der Waals surface area contributed by atoms with Crippen molar-refractivity contribution in [3.63, 3.8) is 0 Å². The Hall–Kier alpha value is -1.60. The summed E-state index contributed by atoms with van der Waals surface area (Å²) >= 11 is 0. The van der Waals surface area contributed by atoms with Crippen LogP contribution in [-0.4, -0.2) is 33.6 Å². The lowest BCUT2D eigenvalue weighted by Gasteiger charge is -2.42. The molecule has 0 aromatic heterocycles. The zero-order chi connectivity index (χ0) is 22.8. The maximum absolute atomic E-state index is 10.2. The van der Waals surface area contributed by atoms with Crippen molar-refractivity contribution in [2.75, 3.05) is 6.61 Å². The lowest BCUT2D eigenvalue weighted by Crippen LogP contribution is -2.32. The van der Waals surface area contributed by atoms with Gasteiger partial charge in [-0.1, -0.05) is 61.6 Å². The van der Waals surface area contributed by atoms with Gasteiger partial charge in [-0.2, -0.15) is 0 Å². The molecule has 3 aliphatic carbocycles. The number of hydrogen-bond acceptors (Lipinski definition) is 3. The first kappa shape index (κ1) is 24.1. The molecular formula is C28H40O3. The van der Waals surface area contributed by atoms with E-state index in [9.17, 15) is 15.3 Å². The maximum atomic E-state index is 10.2. The van der Waals surface area contributed by atoms with Crippen molar-refractivity contribution in [2.45, 2.75) is 84.3 Å². The maximum Gasteiger partial charge on any atom is 0.119 e. The average Bonchev–Trinajstić information content (AvgIpc) is 3.04. The lowest BCUT2D eigenvalue weighted by molar-refractivity contribution is 0.115. The highest BCUT2D eigenvalue weighted by molar-refractivity contribution is 5.40. The van der Waals surface area contributed by atoms with E-state index in [-0.39, 0.29) is 17.9 Å². The van der Waals surface area contributed by atoms with Gasteiger partial charge in [-0.25, -0.2) is 0 Å². The third kappa shape index (κ3) is 5.43. The van der Waals surface area contributed by atoms with Crippen LogP contribution in [0.25, 0.3) is 0 Å². The summed E-state index contributed by atoms with van der Waals surface area (Å²) in [5, 5.41) is 29.7. The first-order valence-electron chi connectivity index (χ1n) is 11.9. The Bertz CT molecular complexity index is 842. The van der Waals surface area contributed by atoms with E-state index in [0.717, 1.165) is 30.4 Å². The van der Waals surface area contributed by atoms with Crippen molar-refractivity contribution in [1.29, 1.82) is 0 Å². The predicted octanol–water partition coefficient (Wildman–Crippen LogP) is 5.10. The van der Waals surface area contributed by atoms with Crippen LogP contribution in [0.1, 0.15) is 72.6 Å². The second kappa shape index (κ2) is 9.49. The van der Waals surface area contributed by atoms with E-state index in [1.54, 1.807) is 13.8 Å². The van der Waals surface area contributed by atoms with Crippen molar-refractivity contribution >= 4 is 0 Å². The molecule has 0 unspecified atom stereocenters. The van der Waals surface area contributed by atoms with Crippen LogP contribution < -0.4 is 0 Å². The van der Waals surface area contributed by atoms with Crippen molar-refractivity contribution in [2.24, 2.45) is 23.2 Å². The van der Waals surface area contributed by atoms with Gasteiger partial charge in [0.15, 0.2) is 0 Å². The molecule has 0 aliphatic heterocycles. The van der Waals surface area contributed by atoms with Crippen LogP contribution in [0.4, 0.5) is 0 Å². The van der Waals surface area contributed by atoms with Gasteiger partial charge in [0.05, 0.1) is 12.7 Å². The van der Waals surface area contributed by atoms with E-state index in [4.69, 9.17) is 0 Å². The molecule has 0 aromatic carbocycles. The highest BCUT2D eigenvalue weighted by Crippen LogP contribution is 2.56. The molecule has 5 atom stereocenters. The SMILES string of the molecule is C=C1/C(=C\C=C2/CCC[C@]3(C)C([C@H](C)CC#CC(C)(C)O)=CC[C@@H]23)C[C@@H](O)C[C@@H]1CO. The molecule has 3 heteroatoms. The van der Waals surface area contributed by atoms with Crippen LogP contribution in [0, 0.1) is 35.0 Å². The quantitative estimate of drug-likeness (QED) is 0.435. The van der Waals surface area contributed by atoms with E-state index in [1.165, 1.54) is 24.0 Å². The topological polar surface area (TPSA) is 60.7 Å². The number of aliphatic hydroxyl groups excluding tert-OH is 2. The first-order valence-corrected chi connectivity index (χ1v) is 11.9. The minimum atomic E-state index is -0.934. The Balaban J connectivity index is 1.77. The summed E-state index contributed by atoms with van der Waals surface area (Å²) < 4.78 is 0. The van der Waals surface area contributed by atoms with Crippen molar-refractivity contribution in [3.05, 3.63) is 47.1 Å². The van der Waals surface area contributed by atoms with E-state index in [2.05, 4.69) is 50.5 Å². The van der Waals surface area contributed by atoms with E-state index in [0.29, 0.717) is 24.7 Å². The number of rotatable bonds is 4. The second-order valence-electron chi connectivity index (χ2n) is 10.6. The van der Waals surface area contributed by atoms with Gasteiger partial charge in [-0.05, 0) is 80.8 Å². The highest BCUT2D eigenvalue weighted by Gasteiger charge is 2.45. The van der Waals surface area contributed by atoms with Gasteiger partial charge in [-0.15, -0.1) is 0 Å². The van der Waals surface area contributed by atoms with Crippen LogP contribution >= 0.6 is 0 Å². The second-order valence-corrected chi connectivity index (χ2v) is 10.6. The van der Waals surface area contributed by atoms with E-state index < -0.39 is 11.7 Å². The summed E-state index contributed by atoms with van der Waals surface area (Å²) in [6.07, 6.45) is 13.1. The molecule has 0 bridgehead atoms. The molecule has 0 amide bonds. The monoisotopic (exact) mass is 424 g/mol. The van der Waals surface area contributed by atoms with E-state index in [1.807, 2.05) is 0 Å². The van der Waals surface area contributed by atoms with Crippen molar-refractivity contribution in [1.82, 2.24) is 0 Å². The zero-order valence-electron chi connectivity index (χ0n) is 19.7. The molecule has 3 aliphatic rings. The highest BCUT2D eigenvalue weighted by atomic mass is 16.3. The summed E-state index contributed by atoms with van der Waals surface area (Å²) in [5.74, 6) is 7.03. The van der Waals surface area contributed by atoms with Crippen molar-refractivity contribution < 1.29 is 15.3 Å². The van der Waals surface area contributed by atoms with Gasteiger partial charge in [-0.3, -0.25) is 0 Å². The number of fused-ring (bicyclic) bond motifs is 1. The summed E-state index contributed by atoms with van der Waals surface area (Å²) in [6, 6.07) is 0. The molecule has 2 saturated carbocycles. The molecule has 0 radical (unpaired) electrons. The molecule has 3 N–H and O–H groups in total. The molecule has 3 rings (SSSR count). The molecule has 3 nitrogen and oxygen atoms in total. The summed E-state index contributed by atoms with van der Waals surface area (Å²) in [5.41, 5.74) is 4.33. The summed E-state index contributed by atoms with van der Waals surface area (Å²) in [4.78, 5) is 0. The van der Waals surface area contributed by atoms with Crippen LogP contribution in [0.15, 0.2) is 47.1 Å². The molecule has 0 aromatic rings. The van der Waals surface area contributed by atoms with Crippen LogP contribution in [0.5, 0.6) is 0 Å². The molecule has 0 heterocycles. The Morgan fingerprint density at radius 3 is 2.77 bits per heavy atom.